The zero-order chi connectivity index (χ0) is 16.7. The molecule has 2 amide bonds. The summed E-state index contributed by atoms with van der Waals surface area (Å²) in [7, 11) is 0. The standard InChI is InChI=1S/C15H24N6O2/c1-3-16-15-20-10(2)8-12(21-15)17-6-7-18-14(23)11-4-5-13(22)19-9-11/h8,11H,3-7,9H2,1-2H3,(H,18,23)(H,19,22)(H2,16,17,20,21). The molecular formula is C15H24N6O2. The van der Waals surface area contributed by atoms with Crippen LogP contribution in [0.3, 0.4) is 0 Å². The van der Waals surface area contributed by atoms with E-state index < -0.39 is 0 Å². The Balaban J connectivity index is 1.72. The van der Waals surface area contributed by atoms with E-state index in [1.807, 2.05) is 19.9 Å². The molecule has 0 radical (unpaired) electrons. The fraction of sp³-hybridized carbons (Fsp3) is 0.600. The maximum atomic E-state index is 12.0. The Kier molecular flexibility index (Phi) is 6.13. The highest BCUT2D eigenvalue weighted by Crippen LogP contribution is 2.11. The predicted octanol–water partition coefficient (Wildman–Crippen LogP) is 0.271. The zero-order valence-electron chi connectivity index (χ0n) is 13.6. The summed E-state index contributed by atoms with van der Waals surface area (Å²) in [6, 6.07) is 1.86. The molecule has 1 saturated heterocycles. The minimum Gasteiger partial charge on any atom is -0.368 e. The van der Waals surface area contributed by atoms with Crippen LogP contribution in [0.1, 0.15) is 25.5 Å². The molecule has 1 aromatic heterocycles. The molecule has 1 atom stereocenters. The van der Waals surface area contributed by atoms with E-state index in [-0.39, 0.29) is 17.7 Å². The Morgan fingerprint density at radius 3 is 2.87 bits per heavy atom. The Labute approximate surface area is 135 Å². The van der Waals surface area contributed by atoms with Crippen LogP contribution in [0.25, 0.3) is 0 Å². The van der Waals surface area contributed by atoms with Crippen LogP contribution in [0.4, 0.5) is 11.8 Å². The van der Waals surface area contributed by atoms with Crippen molar-refractivity contribution in [3.63, 3.8) is 0 Å². The summed E-state index contributed by atoms with van der Waals surface area (Å²) in [5.74, 6) is 1.20. The molecule has 126 valence electrons. The van der Waals surface area contributed by atoms with Crippen molar-refractivity contribution in [3.05, 3.63) is 11.8 Å². The third-order valence-electron chi connectivity index (χ3n) is 3.56. The fourth-order valence-corrected chi connectivity index (χ4v) is 2.37. The SMILES string of the molecule is CCNc1nc(C)cc(NCCNC(=O)C2CCC(=O)NC2)n1. The molecule has 1 aromatic rings. The van der Waals surface area contributed by atoms with E-state index in [1.54, 1.807) is 0 Å². The van der Waals surface area contributed by atoms with Gasteiger partial charge in [0.25, 0.3) is 0 Å². The van der Waals surface area contributed by atoms with Crippen molar-refractivity contribution >= 4 is 23.6 Å². The molecule has 0 bridgehead atoms. The number of rotatable bonds is 7. The lowest BCUT2D eigenvalue weighted by Gasteiger charge is -2.21. The normalized spacial score (nSPS) is 17.3. The topological polar surface area (TPSA) is 108 Å². The maximum absolute atomic E-state index is 12.0. The largest absolute Gasteiger partial charge is 0.368 e. The number of aromatic nitrogens is 2. The van der Waals surface area contributed by atoms with Crippen molar-refractivity contribution in [2.75, 3.05) is 36.8 Å². The molecule has 1 fully saturated rings. The molecule has 8 heteroatoms. The molecule has 0 spiro atoms. The molecule has 1 aliphatic heterocycles. The van der Waals surface area contributed by atoms with Crippen molar-refractivity contribution in [2.45, 2.75) is 26.7 Å². The third kappa shape index (κ3) is 5.39. The first-order valence-corrected chi connectivity index (χ1v) is 7.96. The molecule has 0 aliphatic carbocycles. The first-order valence-electron chi connectivity index (χ1n) is 7.96. The van der Waals surface area contributed by atoms with Crippen molar-refractivity contribution in [1.82, 2.24) is 20.6 Å². The summed E-state index contributed by atoms with van der Waals surface area (Å²) in [5, 5.41) is 11.8. The Bertz CT molecular complexity index is 553. The summed E-state index contributed by atoms with van der Waals surface area (Å²) < 4.78 is 0. The van der Waals surface area contributed by atoms with Gasteiger partial charge in [0, 0.05) is 44.4 Å². The predicted molar refractivity (Wildman–Crippen MR) is 88.2 cm³/mol. The first kappa shape index (κ1) is 17.0. The molecule has 0 saturated carbocycles. The van der Waals surface area contributed by atoms with Gasteiger partial charge in [0.05, 0.1) is 5.92 Å². The average molecular weight is 320 g/mol. The number of anilines is 2. The lowest BCUT2D eigenvalue weighted by atomic mass is 9.98. The Morgan fingerprint density at radius 2 is 2.17 bits per heavy atom. The molecule has 2 heterocycles. The highest BCUT2D eigenvalue weighted by Gasteiger charge is 2.23. The van der Waals surface area contributed by atoms with Gasteiger partial charge in [-0.3, -0.25) is 9.59 Å². The number of carbonyl (C=O) groups excluding carboxylic acids is 2. The summed E-state index contributed by atoms with van der Waals surface area (Å²) in [6.45, 7) is 6.16. The second kappa shape index (κ2) is 8.30. The molecule has 23 heavy (non-hydrogen) atoms. The van der Waals surface area contributed by atoms with Gasteiger partial charge in [-0.1, -0.05) is 0 Å². The molecule has 1 aliphatic rings. The third-order valence-corrected chi connectivity index (χ3v) is 3.56. The van der Waals surface area contributed by atoms with Gasteiger partial charge < -0.3 is 21.3 Å². The second-order valence-corrected chi connectivity index (χ2v) is 5.51. The van der Waals surface area contributed by atoms with E-state index in [1.165, 1.54) is 0 Å². The van der Waals surface area contributed by atoms with Crippen molar-refractivity contribution < 1.29 is 9.59 Å². The van der Waals surface area contributed by atoms with Gasteiger partial charge in [0.15, 0.2) is 0 Å². The van der Waals surface area contributed by atoms with Crippen molar-refractivity contribution in [2.24, 2.45) is 5.92 Å². The molecule has 1 unspecified atom stereocenters. The number of piperidine rings is 1. The number of hydrogen-bond acceptors (Lipinski definition) is 6. The summed E-state index contributed by atoms with van der Waals surface area (Å²) in [5.41, 5.74) is 0.875. The van der Waals surface area contributed by atoms with E-state index in [2.05, 4.69) is 31.2 Å². The van der Waals surface area contributed by atoms with Crippen molar-refractivity contribution in [3.8, 4) is 0 Å². The van der Waals surface area contributed by atoms with Gasteiger partial charge in [-0.05, 0) is 20.3 Å². The number of amides is 2. The summed E-state index contributed by atoms with van der Waals surface area (Å²) >= 11 is 0. The number of hydrogen-bond donors (Lipinski definition) is 4. The van der Waals surface area contributed by atoms with Crippen LogP contribution in [0, 0.1) is 12.8 Å². The maximum Gasteiger partial charge on any atom is 0.224 e. The first-order chi connectivity index (χ1) is 11.1. The molecule has 8 nitrogen and oxygen atoms in total. The smallest absolute Gasteiger partial charge is 0.224 e. The van der Waals surface area contributed by atoms with Crippen LogP contribution in [0.5, 0.6) is 0 Å². The zero-order valence-corrected chi connectivity index (χ0v) is 13.6. The van der Waals surface area contributed by atoms with Crippen LogP contribution in [-0.4, -0.2) is 48.0 Å². The van der Waals surface area contributed by atoms with E-state index in [4.69, 9.17) is 0 Å². The molecular weight excluding hydrogens is 296 g/mol. The average Bonchev–Trinajstić information content (AvgIpc) is 2.52. The second-order valence-electron chi connectivity index (χ2n) is 5.51. The van der Waals surface area contributed by atoms with Crippen LogP contribution < -0.4 is 21.3 Å². The molecule has 4 N–H and O–H groups in total. The van der Waals surface area contributed by atoms with Gasteiger partial charge in [0.1, 0.15) is 5.82 Å². The van der Waals surface area contributed by atoms with Gasteiger partial charge in [-0.25, -0.2) is 4.98 Å². The number of nitrogens with one attached hydrogen (secondary N) is 4. The quantitative estimate of drug-likeness (QED) is 0.537. The van der Waals surface area contributed by atoms with Gasteiger partial charge in [-0.15, -0.1) is 0 Å². The number of nitrogens with zero attached hydrogens (tertiary/aromatic N) is 2. The fourth-order valence-electron chi connectivity index (χ4n) is 2.37. The number of aryl methyl sites for hydroxylation is 1. The van der Waals surface area contributed by atoms with E-state index >= 15 is 0 Å². The lowest BCUT2D eigenvalue weighted by Crippen LogP contribution is -2.43. The minimum absolute atomic E-state index is 0.0148. The highest BCUT2D eigenvalue weighted by molar-refractivity contribution is 5.83. The van der Waals surface area contributed by atoms with E-state index in [0.717, 1.165) is 18.1 Å². The van der Waals surface area contributed by atoms with Gasteiger partial charge in [0.2, 0.25) is 17.8 Å². The van der Waals surface area contributed by atoms with Crippen LogP contribution >= 0.6 is 0 Å². The van der Waals surface area contributed by atoms with E-state index in [0.29, 0.717) is 38.4 Å². The molecule has 0 aromatic carbocycles. The molecule has 2 rings (SSSR count). The van der Waals surface area contributed by atoms with Crippen LogP contribution in [-0.2, 0) is 9.59 Å². The van der Waals surface area contributed by atoms with Crippen LogP contribution in [0.2, 0.25) is 0 Å². The Hall–Kier alpha value is -2.38. The van der Waals surface area contributed by atoms with Gasteiger partial charge in [-0.2, -0.15) is 4.98 Å². The van der Waals surface area contributed by atoms with Gasteiger partial charge >= 0.3 is 0 Å². The van der Waals surface area contributed by atoms with Crippen LogP contribution in [0.15, 0.2) is 6.07 Å². The van der Waals surface area contributed by atoms with E-state index in [9.17, 15) is 9.59 Å². The lowest BCUT2D eigenvalue weighted by molar-refractivity contribution is -0.128. The van der Waals surface area contributed by atoms with Crippen molar-refractivity contribution in [1.29, 1.82) is 0 Å². The summed E-state index contributed by atoms with van der Waals surface area (Å²) in [6.07, 6.45) is 1.03. The Morgan fingerprint density at radius 1 is 1.35 bits per heavy atom. The number of carbonyl (C=O) groups is 2. The monoisotopic (exact) mass is 320 g/mol. The highest BCUT2D eigenvalue weighted by atomic mass is 16.2. The minimum atomic E-state index is -0.130. The summed E-state index contributed by atoms with van der Waals surface area (Å²) in [4.78, 5) is 31.7.